The van der Waals surface area contributed by atoms with E-state index < -0.39 is 0 Å². The summed E-state index contributed by atoms with van der Waals surface area (Å²) in [5.41, 5.74) is 9.67. The van der Waals surface area contributed by atoms with E-state index in [1.807, 2.05) is 18.5 Å². The summed E-state index contributed by atoms with van der Waals surface area (Å²) in [5, 5.41) is 9.30. The molecule has 1 heterocycles. The third kappa shape index (κ3) is 1.76. The van der Waals surface area contributed by atoms with Gasteiger partial charge in [-0.15, -0.1) is 0 Å². The van der Waals surface area contributed by atoms with Gasteiger partial charge in [0.1, 0.15) is 5.75 Å². The number of Topliss-reactive ketones (excluding diaryl/α,β-unsaturated/α-hetero) is 1. The maximum Gasteiger partial charge on any atom is 0.163 e. The van der Waals surface area contributed by atoms with E-state index in [1.54, 1.807) is 24.3 Å². The van der Waals surface area contributed by atoms with Gasteiger partial charge in [0.2, 0.25) is 0 Å². The lowest BCUT2D eigenvalue weighted by atomic mass is 10.1. The fraction of sp³-hybridized carbons (Fsp3) is 0.214. The summed E-state index contributed by atoms with van der Waals surface area (Å²) >= 11 is 0. The quantitative estimate of drug-likeness (QED) is 0.797. The van der Waals surface area contributed by atoms with Crippen molar-refractivity contribution in [2.24, 2.45) is 7.05 Å². The van der Waals surface area contributed by atoms with Crippen LogP contribution in [0.5, 0.6) is 5.75 Å². The molecule has 0 aliphatic carbocycles. The van der Waals surface area contributed by atoms with Crippen molar-refractivity contribution in [3.63, 3.8) is 0 Å². The van der Waals surface area contributed by atoms with Crippen LogP contribution in [0.2, 0.25) is 0 Å². The molecule has 18 heavy (non-hydrogen) atoms. The number of nitrogens with two attached hydrogens (primary N) is 1. The smallest absolute Gasteiger partial charge is 0.163 e. The van der Waals surface area contributed by atoms with Gasteiger partial charge in [-0.05, 0) is 38.1 Å². The van der Waals surface area contributed by atoms with Crippen LogP contribution in [0, 0.1) is 6.92 Å². The zero-order valence-electron chi connectivity index (χ0n) is 10.7. The van der Waals surface area contributed by atoms with Gasteiger partial charge in [0.15, 0.2) is 5.78 Å². The Hall–Kier alpha value is -2.23. The van der Waals surface area contributed by atoms with Crippen LogP contribution in [0.1, 0.15) is 23.0 Å². The van der Waals surface area contributed by atoms with Crippen LogP contribution in [0.25, 0.3) is 11.3 Å². The monoisotopic (exact) mass is 244 g/mol. The lowest BCUT2D eigenvalue weighted by Gasteiger charge is -2.06. The molecule has 1 aromatic carbocycles. The Morgan fingerprint density at radius 3 is 2.28 bits per heavy atom. The highest BCUT2D eigenvalue weighted by Crippen LogP contribution is 2.33. The van der Waals surface area contributed by atoms with Crippen molar-refractivity contribution >= 4 is 11.5 Å². The van der Waals surface area contributed by atoms with E-state index in [4.69, 9.17) is 5.73 Å². The van der Waals surface area contributed by atoms with Gasteiger partial charge in [0.25, 0.3) is 0 Å². The molecule has 0 saturated heterocycles. The number of hydrogen-bond donors (Lipinski definition) is 2. The van der Waals surface area contributed by atoms with E-state index >= 15 is 0 Å². The van der Waals surface area contributed by atoms with Crippen LogP contribution in [-0.2, 0) is 7.05 Å². The van der Waals surface area contributed by atoms with Gasteiger partial charge in [-0.1, -0.05) is 0 Å². The maximum absolute atomic E-state index is 11.6. The molecular formula is C14H16N2O2. The number of aromatic hydroxyl groups is 1. The predicted octanol–water partition coefficient (Wildman–Crippen LogP) is 2.49. The Kier molecular flexibility index (Phi) is 2.87. The number of carbonyl (C=O) groups excluding carboxylic acids is 1. The first-order valence-electron chi connectivity index (χ1n) is 5.68. The number of phenolic OH excluding ortho intramolecular Hbond substituents is 1. The van der Waals surface area contributed by atoms with E-state index in [-0.39, 0.29) is 11.5 Å². The minimum Gasteiger partial charge on any atom is -0.508 e. The van der Waals surface area contributed by atoms with Crippen molar-refractivity contribution in [1.29, 1.82) is 0 Å². The number of nitrogens with zero attached hydrogens (tertiary/aromatic N) is 1. The molecule has 0 fully saturated rings. The van der Waals surface area contributed by atoms with Gasteiger partial charge >= 0.3 is 0 Å². The zero-order valence-corrected chi connectivity index (χ0v) is 10.7. The van der Waals surface area contributed by atoms with E-state index in [0.717, 1.165) is 17.0 Å². The molecular weight excluding hydrogens is 228 g/mol. The van der Waals surface area contributed by atoms with Crippen molar-refractivity contribution in [3.8, 4) is 17.0 Å². The Morgan fingerprint density at radius 2 is 1.83 bits per heavy atom. The minimum atomic E-state index is -0.0365. The molecule has 2 rings (SSSR count). The van der Waals surface area contributed by atoms with Gasteiger partial charge in [-0.3, -0.25) is 4.79 Å². The summed E-state index contributed by atoms with van der Waals surface area (Å²) < 4.78 is 1.90. The molecule has 0 saturated carbocycles. The minimum absolute atomic E-state index is 0.0365. The second kappa shape index (κ2) is 4.22. The maximum atomic E-state index is 11.6. The molecule has 4 heteroatoms. The lowest BCUT2D eigenvalue weighted by molar-refractivity contribution is 0.101. The normalized spacial score (nSPS) is 10.6. The van der Waals surface area contributed by atoms with Gasteiger partial charge in [0, 0.05) is 18.3 Å². The van der Waals surface area contributed by atoms with E-state index in [9.17, 15) is 9.90 Å². The van der Waals surface area contributed by atoms with Crippen LogP contribution in [0.4, 0.5) is 5.69 Å². The number of anilines is 1. The number of phenols is 1. The molecule has 0 amide bonds. The van der Waals surface area contributed by atoms with Crippen molar-refractivity contribution in [2.75, 3.05) is 5.73 Å². The third-order valence-electron chi connectivity index (χ3n) is 3.22. The Morgan fingerprint density at radius 1 is 1.28 bits per heavy atom. The number of benzene rings is 1. The number of rotatable bonds is 2. The topological polar surface area (TPSA) is 68.2 Å². The Balaban J connectivity index is 2.69. The second-order valence-electron chi connectivity index (χ2n) is 4.38. The molecule has 0 atom stereocenters. The molecule has 2 aromatic rings. The summed E-state index contributed by atoms with van der Waals surface area (Å²) in [7, 11) is 1.88. The van der Waals surface area contributed by atoms with Crippen LogP contribution >= 0.6 is 0 Å². The highest BCUT2D eigenvalue weighted by atomic mass is 16.3. The SMILES string of the molecule is CC(=O)c1c(N)c(-c2ccc(O)cc2)n(C)c1C. The van der Waals surface area contributed by atoms with Crippen molar-refractivity contribution < 1.29 is 9.90 Å². The van der Waals surface area contributed by atoms with Crippen LogP contribution in [0.15, 0.2) is 24.3 Å². The van der Waals surface area contributed by atoms with Gasteiger partial charge in [0.05, 0.1) is 16.9 Å². The van der Waals surface area contributed by atoms with E-state index in [0.29, 0.717) is 11.3 Å². The highest BCUT2D eigenvalue weighted by Gasteiger charge is 2.20. The van der Waals surface area contributed by atoms with E-state index in [2.05, 4.69) is 0 Å². The molecule has 0 aliphatic heterocycles. The van der Waals surface area contributed by atoms with Crippen molar-refractivity contribution in [3.05, 3.63) is 35.5 Å². The van der Waals surface area contributed by atoms with Crippen LogP contribution in [-0.4, -0.2) is 15.5 Å². The number of hydrogen-bond acceptors (Lipinski definition) is 3. The number of carbonyl (C=O) groups is 1. The molecule has 0 radical (unpaired) electrons. The van der Waals surface area contributed by atoms with Gasteiger partial charge in [-0.2, -0.15) is 0 Å². The average Bonchev–Trinajstić information content (AvgIpc) is 2.52. The molecule has 0 spiro atoms. The van der Waals surface area contributed by atoms with Crippen molar-refractivity contribution in [2.45, 2.75) is 13.8 Å². The van der Waals surface area contributed by atoms with Gasteiger partial charge < -0.3 is 15.4 Å². The molecule has 0 aliphatic rings. The first kappa shape index (κ1) is 12.2. The van der Waals surface area contributed by atoms with Crippen LogP contribution in [0.3, 0.4) is 0 Å². The van der Waals surface area contributed by atoms with Crippen LogP contribution < -0.4 is 5.73 Å². The zero-order chi connectivity index (χ0) is 13.4. The lowest BCUT2D eigenvalue weighted by Crippen LogP contribution is -1.98. The first-order chi connectivity index (χ1) is 8.43. The summed E-state index contributed by atoms with van der Waals surface area (Å²) in [6, 6.07) is 6.77. The summed E-state index contributed by atoms with van der Waals surface area (Å²) in [6.07, 6.45) is 0. The van der Waals surface area contributed by atoms with E-state index in [1.165, 1.54) is 6.92 Å². The fourth-order valence-corrected chi connectivity index (χ4v) is 2.24. The van der Waals surface area contributed by atoms with Gasteiger partial charge in [-0.25, -0.2) is 0 Å². The molecule has 0 unspecified atom stereocenters. The Labute approximate surface area is 106 Å². The fourth-order valence-electron chi connectivity index (χ4n) is 2.24. The van der Waals surface area contributed by atoms with Crippen molar-refractivity contribution in [1.82, 2.24) is 4.57 Å². The molecule has 94 valence electrons. The molecule has 1 aromatic heterocycles. The number of ketones is 1. The predicted molar refractivity (Wildman–Crippen MR) is 71.7 cm³/mol. The summed E-state index contributed by atoms with van der Waals surface area (Å²) in [4.78, 5) is 11.6. The third-order valence-corrected chi connectivity index (χ3v) is 3.22. The number of aromatic nitrogens is 1. The second-order valence-corrected chi connectivity index (χ2v) is 4.38. The highest BCUT2D eigenvalue weighted by molar-refractivity contribution is 6.04. The first-order valence-corrected chi connectivity index (χ1v) is 5.68. The summed E-state index contributed by atoms with van der Waals surface area (Å²) in [5.74, 6) is 0.167. The standard InChI is InChI=1S/C14H16N2O2/c1-8-12(9(2)17)13(15)14(16(8)3)10-4-6-11(18)7-5-10/h4-7,18H,15H2,1-3H3. The Bertz CT molecular complexity index is 610. The summed E-state index contributed by atoms with van der Waals surface area (Å²) in [6.45, 7) is 3.39. The largest absolute Gasteiger partial charge is 0.508 e. The molecule has 0 bridgehead atoms. The molecule has 4 nitrogen and oxygen atoms in total. The number of nitrogen functional groups attached to an aromatic ring is 1. The molecule has 3 N–H and O–H groups in total. The average molecular weight is 244 g/mol.